The second kappa shape index (κ2) is 5.89. The normalized spacial score (nSPS) is 16.9. The lowest BCUT2D eigenvalue weighted by Crippen LogP contribution is -2.53. The van der Waals surface area contributed by atoms with Gasteiger partial charge in [-0.2, -0.15) is 0 Å². The van der Waals surface area contributed by atoms with Crippen LogP contribution in [0, 0.1) is 10.1 Å². The Morgan fingerprint density at radius 2 is 1.81 bits per heavy atom. The number of nitro groups is 1. The maximum absolute atomic E-state index is 11.3. The van der Waals surface area contributed by atoms with Crippen molar-refractivity contribution < 1.29 is 9.66 Å². The van der Waals surface area contributed by atoms with Crippen molar-refractivity contribution >= 4 is 11.4 Å². The molecule has 0 N–H and O–H groups in total. The highest BCUT2D eigenvalue weighted by Crippen LogP contribution is 2.33. The number of ether oxygens (including phenoxy) is 1. The second-order valence-corrected chi connectivity index (χ2v) is 6.26. The smallest absolute Gasteiger partial charge is 0.296 e. The monoisotopic (exact) mass is 293 g/mol. The van der Waals surface area contributed by atoms with E-state index in [1.807, 2.05) is 0 Å². The maximum atomic E-state index is 11.3. The van der Waals surface area contributed by atoms with E-state index in [2.05, 4.69) is 30.6 Å². The van der Waals surface area contributed by atoms with E-state index >= 15 is 0 Å². The Labute approximate surface area is 125 Å². The quantitative estimate of drug-likeness (QED) is 0.633. The molecule has 0 unspecified atom stereocenters. The third kappa shape index (κ3) is 3.44. The van der Waals surface area contributed by atoms with Gasteiger partial charge in [-0.25, -0.2) is 0 Å². The molecule has 6 heteroatoms. The average Bonchev–Trinajstić information content (AvgIpc) is 2.45. The van der Waals surface area contributed by atoms with E-state index in [-0.39, 0.29) is 16.1 Å². The van der Waals surface area contributed by atoms with Crippen molar-refractivity contribution in [1.29, 1.82) is 0 Å². The Morgan fingerprint density at radius 1 is 1.19 bits per heavy atom. The van der Waals surface area contributed by atoms with Crippen LogP contribution in [0.1, 0.15) is 20.8 Å². The molecule has 0 radical (unpaired) electrons. The standard InChI is InChI=1S/C15H23N3O3/c1-15(2,3)17-9-7-16(8-10-17)13-6-5-12(21-4)11-14(13)18(19)20/h5-6,11H,7-10H2,1-4H3. The first kappa shape index (κ1) is 15.6. The molecule has 0 spiro atoms. The molecule has 116 valence electrons. The summed E-state index contributed by atoms with van der Waals surface area (Å²) in [6.45, 7) is 9.99. The summed E-state index contributed by atoms with van der Waals surface area (Å²) in [5.41, 5.74) is 0.922. The van der Waals surface area contributed by atoms with Crippen molar-refractivity contribution in [2.24, 2.45) is 0 Å². The maximum Gasteiger partial charge on any atom is 0.296 e. The van der Waals surface area contributed by atoms with Gasteiger partial charge >= 0.3 is 0 Å². The van der Waals surface area contributed by atoms with E-state index in [1.165, 1.54) is 13.2 Å². The highest BCUT2D eigenvalue weighted by Gasteiger charge is 2.28. The van der Waals surface area contributed by atoms with Crippen LogP contribution in [0.25, 0.3) is 0 Å². The molecule has 0 saturated carbocycles. The van der Waals surface area contributed by atoms with Gasteiger partial charge < -0.3 is 9.64 Å². The minimum absolute atomic E-state index is 0.110. The molecule has 0 atom stereocenters. The molecular weight excluding hydrogens is 270 g/mol. The molecular formula is C15H23N3O3. The number of hydrogen-bond donors (Lipinski definition) is 0. The average molecular weight is 293 g/mol. The van der Waals surface area contributed by atoms with Crippen LogP contribution in [0.15, 0.2) is 18.2 Å². The van der Waals surface area contributed by atoms with E-state index in [0.29, 0.717) is 11.4 Å². The lowest BCUT2D eigenvalue weighted by molar-refractivity contribution is -0.384. The predicted octanol–water partition coefficient (Wildman–Crippen LogP) is 2.52. The molecule has 0 amide bonds. The minimum atomic E-state index is -0.339. The zero-order chi connectivity index (χ0) is 15.6. The van der Waals surface area contributed by atoms with Gasteiger partial charge in [-0.15, -0.1) is 0 Å². The number of nitrogens with zero attached hydrogens (tertiary/aromatic N) is 3. The molecule has 1 aliphatic rings. The zero-order valence-electron chi connectivity index (χ0n) is 13.1. The van der Waals surface area contributed by atoms with Gasteiger partial charge in [0.25, 0.3) is 5.69 Å². The van der Waals surface area contributed by atoms with E-state index in [0.717, 1.165) is 26.2 Å². The van der Waals surface area contributed by atoms with Crippen LogP contribution in [-0.4, -0.2) is 48.7 Å². The van der Waals surface area contributed by atoms with Gasteiger partial charge in [-0.3, -0.25) is 15.0 Å². The SMILES string of the molecule is COc1ccc(N2CCN(C(C)(C)C)CC2)c([N+](=O)[O-])c1. The Balaban J connectivity index is 2.18. The van der Waals surface area contributed by atoms with Gasteiger partial charge in [0.15, 0.2) is 0 Å². The van der Waals surface area contributed by atoms with Crippen molar-refractivity contribution in [3.05, 3.63) is 28.3 Å². The first-order valence-corrected chi connectivity index (χ1v) is 7.15. The van der Waals surface area contributed by atoms with Gasteiger partial charge in [-0.1, -0.05) is 0 Å². The largest absolute Gasteiger partial charge is 0.496 e. The van der Waals surface area contributed by atoms with Gasteiger partial charge in [-0.05, 0) is 32.9 Å². The van der Waals surface area contributed by atoms with E-state index in [4.69, 9.17) is 4.74 Å². The first-order valence-electron chi connectivity index (χ1n) is 7.15. The molecule has 0 aromatic heterocycles. The number of benzene rings is 1. The summed E-state index contributed by atoms with van der Waals surface area (Å²) in [5, 5.41) is 11.3. The minimum Gasteiger partial charge on any atom is -0.496 e. The Morgan fingerprint density at radius 3 is 2.29 bits per heavy atom. The Kier molecular flexibility index (Phi) is 4.37. The predicted molar refractivity (Wildman–Crippen MR) is 83.2 cm³/mol. The van der Waals surface area contributed by atoms with Gasteiger partial charge in [0.05, 0.1) is 18.1 Å². The summed E-state index contributed by atoms with van der Waals surface area (Å²) in [6, 6.07) is 5.05. The summed E-state index contributed by atoms with van der Waals surface area (Å²) < 4.78 is 5.08. The molecule has 6 nitrogen and oxygen atoms in total. The molecule has 0 bridgehead atoms. The molecule has 1 aliphatic heterocycles. The summed E-state index contributed by atoms with van der Waals surface area (Å²) in [5.74, 6) is 0.513. The van der Waals surface area contributed by atoms with E-state index in [9.17, 15) is 10.1 Å². The highest BCUT2D eigenvalue weighted by atomic mass is 16.6. The van der Waals surface area contributed by atoms with Crippen molar-refractivity contribution in [3.8, 4) is 5.75 Å². The first-order chi connectivity index (χ1) is 9.82. The molecule has 0 aliphatic carbocycles. The van der Waals surface area contributed by atoms with Crippen LogP contribution in [0.5, 0.6) is 5.75 Å². The number of nitro benzene ring substituents is 1. The van der Waals surface area contributed by atoms with Gasteiger partial charge in [0, 0.05) is 31.7 Å². The lowest BCUT2D eigenvalue weighted by atomic mass is 10.0. The summed E-state index contributed by atoms with van der Waals surface area (Å²) in [4.78, 5) is 15.4. The van der Waals surface area contributed by atoms with Gasteiger partial charge in [0.2, 0.25) is 0 Å². The van der Waals surface area contributed by atoms with Crippen molar-refractivity contribution in [2.75, 3.05) is 38.2 Å². The Hall–Kier alpha value is -1.82. The van der Waals surface area contributed by atoms with Crippen molar-refractivity contribution in [2.45, 2.75) is 26.3 Å². The number of anilines is 1. The summed E-state index contributed by atoms with van der Waals surface area (Å²) in [7, 11) is 1.51. The fourth-order valence-electron chi connectivity index (χ4n) is 2.66. The molecule has 1 aromatic rings. The third-order valence-electron chi connectivity index (χ3n) is 3.95. The number of hydrogen-bond acceptors (Lipinski definition) is 5. The number of methoxy groups -OCH3 is 1. The highest BCUT2D eigenvalue weighted by molar-refractivity contribution is 5.65. The second-order valence-electron chi connectivity index (χ2n) is 6.26. The molecule has 2 rings (SSSR count). The van der Waals surface area contributed by atoms with Crippen LogP contribution in [0.2, 0.25) is 0 Å². The third-order valence-corrected chi connectivity index (χ3v) is 3.95. The zero-order valence-corrected chi connectivity index (χ0v) is 13.1. The fraction of sp³-hybridized carbons (Fsp3) is 0.600. The molecule has 1 aromatic carbocycles. The van der Waals surface area contributed by atoms with Crippen molar-refractivity contribution in [3.63, 3.8) is 0 Å². The summed E-state index contributed by atoms with van der Waals surface area (Å²) in [6.07, 6.45) is 0. The number of piperazine rings is 1. The van der Waals surface area contributed by atoms with E-state index in [1.54, 1.807) is 12.1 Å². The lowest BCUT2D eigenvalue weighted by Gasteiger charge is -2.42. The van der Waals surface area contributed by atoms with Crippen LogP contribution >= 0.6 is 0 Å². The van der Waals surface area contributed by atoms with E-state index < -0.39 is 0 Å². The molecule has 1 fully saturated rings. The van der Waals surface area contributed by atoms with Crippen LogP contribution in [0.4, 0.5) is 11.4 Å². The van der Waals surface area contributed by atoms with Crippen LogP contribution in [0.3, 0.4) is 0 Å². The van der Waals surface area contributed by atoms with Crippen LogP contribution in [-0.2, 0) is 0 Å². The summed E-state index contributed by atoms with van der Waals surface area (Å²) >= 11 is 0. The van der Waals surface area contributed by atoms with Gasteiger partial charge in [0.1, 0.15) is 11.4 Å². The van der Waals surface area contributed by atoms with Crippen molar-refractivity contribution in [1.82, 2.24) is 4.90 Å². The molecule has 1 heterocycles. The fourth-order valence-corrected chi connectivity index (χ4v) is 2.66. The number of rotatable bonds is 3. The molecule has 1 saturated heterocycles. The van der Waals surface area contributed by atoms with Crippen LogP contribution < -0.4 is 9.64 Å². The topological polar surface area (TPSA) is 58.8 Å². The molecule has 21 heavy (non-hydrogen) atoms. The Bertz CT molecular complexity index is 517.